The van der Waals surface area contributed by atoms with Crippen LogP contribution in [0.3, 0.4) is 0 Å². The lowest BCUT2D eigenvalue weighted by Crippen LogP contribution is -2.31. The third-order valence-electron chi connectivity index (χ3n) is 3.45. The van der Waals surface area contributed by atoms with Gasteiger partial charge in [0, 0.05) is 19.6 Å². The van der Waals surface area contributed by atoms with Gasteiger partial charge in [-0.15, -0.1) is 0 Å². The molecule has 0 aliphatic carbocycles. The molecule has 30 heavy (non-hydrogen) atoms. The van der Waals surface area contributed by atoms with Crippen LogP contribution in [0.15, 0.2) is 0 Å². The van der Waals surface area contributed by atoms with Crippen LogP contribution in [0, 0.1) is 0 Å². The number of amides is 1. The van der Waals surface area contributed by atoms with Gasteiger partial charge in [-0.1, -0.05) is 0 Å². The number of rotatable bonds is 21. The first kappa shape index (κ1) is 28.1. The number of carbonyl (C=O) groups excluding carboxylic acids is 3. The Morgan fingerprint density at radius 1 is 0.833 bits per heavy atom. The fraction of sp³-hybridized carbons (Fsp3) is 0.789. The van der Waals surface area contributed by atoms with Crippen molar-refractivity contribution in [3.8, 4) is 0 Å². The van der Waals surface area contributed by atoms with Gasteiger partial charge in [-0.2, -0.15) is 0 Å². The van der Waals surface area contributed by atoms with Crippen molar-refractivity contribution in [2.75, 3.05) is 79.5 Å². The summed E-state index contributed by atoms with van der Waals surface area (Å²) in [6, 6.07) is 0. The number of ether oxygens (including phenoxy) is 4. The molecular formula is C19H34N2O9. The molecule has 0 aliphatic heterocycles. The number of hydrogen-bond donors (Lipinski definition) is 2. The Bertz CT molecular complexity index is 514. The molecule has 0 bridgehead atoms. The van der Waals surface area contributed by atoms with E-state index in [1.54, 1.807) is 7.05 Å². The van der Waals surface area contributed by atoms with Crippen molar-refractivity contribution in [3.63, 3.8) is 0 Å². The van der Waals surface area contributed by atoms with Crippen LogP contribution in [0.1, 0.15) is 19.8 Å². The Hall–Kier alpha value is -1.92. The van der Waals surface area contributed by atoms with Gasteiger partial charge in [0.05, 0.1) is 46.1 Å². The predicted molar refractivity (Wildman–Crippen MR) is 106 cm³/mol. The molecule has 0 unspecified atom stereocenters. The average Bonchev–Trinajstić information content (AvgIpc) is 2.64. The number of carboxylic acid groups (broad SMARTS) is 1. The maximum atomic E-state index is 11.7. The number of ketones is 2. The number of nitrogens with one attached hydrogen (secondary N) is 1. The van der Waals surface area contributed by atoms with Crippen molar-refractivity contribution in [1.82, 2.24) is 10.2 Å². The monoisotopic (exact) mass is 434 g/mol. The highest BCUT2D eigenvalue weighted by Gasteiger charge is 2.09. The fourth-order valence-electron chi connectivity index (χ4n) is 2.17. The van der Waals surface area contributed by atoms with Crippen LogP contribution in [-0.2, 0) is 38.1 Å². The second-order valence-corrected chi connectivity index (χ2v) is 6.59. The van der Waals surface area contributed by atoms with Gasteiger partial charge in [0.15, 0.2) is 5.78 Å². The SMILES string of the molecule is CC(=O)COCCOCCNC(=O)COCCOCCCC(=O)CN(C)CC(=O)O. The topological polar surface area (TPSA) is 141 Å². The van der Waals surface area contributed by atoms with Gasteiger partial charge in [0.1, 0.15) is 19.0 Å². The van der Waals surface area contributed by atoms with Gasteiger partial charge in [0.2, 0.25) is 5.91 Å². The maximum absolute atomic E-state index is 11.7. The third-order valence-corrected chi connectivity index (χ3v) is 3.45. The molecule has 0 aromatic carbocycles. The van der Waals surface area contributed by atoms with Crippen LogP contribution in [-0.4, -0.2) is 113 Å². The van der Waals surface area contributed by atoms with Crippen molar-refractivity contribution in [2.45, 2.75) is 19.8 Å². The molecule has 1 amide bonds. The van der Waals surface area contributed by atoms with E-state index >= 15 is 0 Å². The lowest BCUT2D eigenvalue weighted by molar-refractivity contribution is -0.138. The lowest BCUT2D eigenvalue weighted by Gasteiger charge is -2.12. The summed E-state index contributed by atoms with van der Waals surface area (Å²) < 4.78 is 20.8. The Labute approximate surface area is 177 Å². The standard InChI is InChI=1S/C19H34N2O9/c1-16(22)14-29-10-9-28-7-5-20-18(24)15-30-11-8-27-6-3-4-17(23)12-21(2)13-19(25)26/h3-15H2,1-2H3,(H,20,24)(H,25,26). The van der Waals surface area contributed by atoms with Crippen LogP contribution in [0.2, 0.25) is 0 Å². The summed E-state index contributed by atoms with van der Waals surface area (Å²) in [5, 5.41) is 11.3. The zero-order valence-electron chi connectivity index (χ0n) is 17.9. The van der Waals surface area contributed by atoms with Gasteiger partial charge in [0.25, 0.3) is 0 Å². The minimum atomic E-state index is -0.969. The average molecular weight is 434 g/mol. The van der Waals surface area contributed by atoms with Gasteiger partial charge in [-0.05, 0) is 20.4 Å². The molecule has 0 aromatic heterocycles. The third kappa shape index (κ3) is 20.8. The Balaban J connectivity index is 3.38. The molecule has 0 heterocycles. The summed E-state index contributed by atoms with van der Waals surface area (Å²) in [6.45, 7) is 3.68. The zero-order chi connectivity index (χ0) is 22.6. The highest BCUT2D eigenvalue weighted by atomic mass is 16.5. The van der Waals surface area contributed by atoms with Crippen LogP contribution >= 0.6 is 0 Å². The number of likely N-dealkylation sites (N-methyl/N-ethyl adjacent to an activating group) is 1. The van der Waals surface area contributed by atoms with E-state index in [0.717, 1.165) is 0 Å². The quantitative estimate of drug-likeness (QED) is 0.219. The minimum absolute atomic E-state index is 0.0390. The summed E-state index contributed by atoms with van der Waals surface area (Å²) in [6.07, 6.45) is 0.859. The van der Waals surface area contributed by atoms with E-state index in [1.807, 2.05) is 0 Å². The summed E-state index contributed by atoms with van der Waals surface area (Å²) in [5.74, 6) is -1.31. The van der Waals surface area contributed by atoms with E-state index < -0.39 is 5.97 Å². The molecule has 0 spiro atoms. The van der Waals surface area contributed by atoms with Crippen molar-refractivity contribution in [1.29, 1.82) is 0 Å². The fourth-order valence-corrected chi connectivity index (χ4v) is 2.17. The Morgan fingerprint density at radius 2 is 1.43 bits per heavy atom. The molecule has 0 saturated carbocycles. The summed E-state index contributed by atoms with van der Waals surface area (Å²) in [5.41, 5.74) is 0. The molecule has 0 aliphatic rings. The Kier molecular flexibility index (Phi) is 17.8. The molecule has 0 fully saturated rings. The molecule has 174 valence electrons. The number of aliphatic carboxylic acids is 1. The maximum Gasteiger partial charge on any atom is 0.317 e. The molecule has 0 saturated heterocycles. The van der Waals surface area contributed by atoms with Crippen LogP contribution < -0.4 is 5.32 Å². The van der Waals surface area contributed by atoms with E-state index in [2.05, 4.69) is 5.32 Å². The molecule has 0 atom stereocenters. The van der Waals surface area contributed by atoms with E-state index in [4.69, 9.17) is 24.1 Å². The molecule has 0 aromatic rings. The highest BCUT2D eigenvalue weighted by molar-refractivity contribution is 5.81. The normalized spacial score (nSPS) is 10.9. The molecule has 11 nitrogen and oxygen atoms in total. The summed E-state index contributed by atoms with van der Waals surface area (Å²) in [7, 11) is 1.58. The van der Waals surface area contributed by atoms with E-state index in [9.17, 15) is 19.2 Å². The van der Waals surface area contributed by atoms with Gasteiger partial charge >= 0.3 is 5.97 Å². The van der Waals surface area contributed by atoms with E-state index in [0.29, 0.717) is 52.4 Å². The lowest BCUT2D eigenvalue weighted by atomic mass is 10.2. The van der Waals surface area contributed by atoms with Crippen molar-refractivity contribution in [3.05, 3.63) is 0 Å². The first-order valence-electron chi connectivity index (χ1n) is 9.80. The first-order chi connectivity index (χ1) is 14.3. The number of nitrogens with zero attached hydrogens (tertiary/aromatic N) is 1. The summed E-state index contributed by atoms with van der Waals surface area (Å²) in [4.78, 5) is 45.8. The number of carboxylic acids is 1. The molecule has 11 heteroatoms. The predicted octanol–water partition coefficient (Wildman–Crippen LogP) is -0.876. The highest BCUT2D eigenvalue weighted by Crippen LogP contribution is 1.95. The number of hydrogen-bond acceptors (Lipinski definition) is 9. The van der Waals surface area contributed by atoms with Crippen LogP contribution in [0.25, 0.3) is 0 Å². The van der Waals surface area contributed by atoms with Crippen molar-refractivity contribution >= 4 is 23.4 Å². The number of carbonyl (C=O) groups is 4. The van der Waals surface area contributed by atoms with Crippen LogP contribution in [0.4, 0.5) is 0 Å². The second-order valence-electron chi connectivity index (χ2n) is 6.59. The Morgan fingerprint density at radius 3 is 2.07 bits per heavy atom. The molecular weight excluding hydrogens is 400 g/mol. The molecule has 0 radical (unpaired) electrons. The molecule has 0 rings (SSSR count). The van der Waals surface area contributed by atoms with Gasteiger partial charge < -0.3 is 29.4 Å². The zero-order valence-corrected chi connectivity index (χ0v) is 17.9. The van der Waals surface area contributed by atoms with E-state index in [-0.39, 0.29) is 50.4 Å². The molecule has 2 N–H and O–H groups in total. The first-order valence-corrected chi connectivity index (χ1v) is 9.80. The van der Waals surface area contributed by atoms with Crippen molar-refractivity contribution in [2.24, 2.45) is 0 Å². The van der Waals surface area contributed by atoms with Gasteiger partial charge in [-0.3, -0.25) is 24.1 Å². The largest absolute Gasteiger partial charge is 0.480 e. The van der Waals surface area contributed by atoms with E-state index in [1.165, 1.54) is 11.8 Å². The number of Topliss-reactive ketones (excluding diaryl/α,β-unsaturated/α-hetero) is 2. The van der Waals surface area contributed by atoms with Crippen molar-refractivity contribution < 1.29 is 43.2 Å². The second kappa shape index (κ2) is 19.1. The van der Waals surface area contributed by atoms with Crippen LogP contribution in [0.5, 0.6) is 0 Å². The van der Waals surface area contributed by atoms with Gasteiger partial charge in [-0.25, -0.2) is 0 Å². The summed E-state index contributed by atoms with van der Waals surface area (Å²) >= 11 is 0. The minimum Gasteiger partial charge on any atom is -0.480 e. The smallest absolute Gasteiger partial charge is 0.317 e.